The van der Waals surface area contributed by atoms with Crippen molar-refractivity contribution in [3.63, 3.8) is 0 Å². The number of halogens is 1. The van der Waals surface area contributed by atoms with E-state index in [9.17, 15) is 4.79 Å². The number of hydrogen-bond acceptors (Lipinski definition) is 3. The number of carbonyl (C=O) groups is 1. The van der Waals surface area contributed by atoms with Crippen LogP contribution in [0.3, 0.4) is 0 Å². The van der Waals surface area contributed by atoms with Gasteiger partial charge in [-0.3, -0.25) is 0 Å². The lowest BCUT2D eigenvalue weighted by Gasteiger charge is -2.39. The number of nitrogens with one attached hydrogen (secondary N) is 2. The molecule has 0 saturated carbocycles. The van der Waals surface area contributed by atoms with Crippen molar-refractivity contribution in [3.8, 4) is 0 Å². The highest BCUT2D eigenvalue weighted by Crippen LogP contribution is 2.25. The van der Waals surface area contributed by atoms with Crippen LogP contribution in [-0.2, 0) is 4.74 Å². The van der Waals surface area contributed by atoms with Crippen molar-refractivity contribution >= 4 is 18.5 Å². The molecule has 1 spiro atoms. The van der Waals surface area contributed by atoms with Crippen LogP contribution < -0.4 is 10.6 Å². The fourth-order valence-corrected chi connectivity index (χ4v) is 1.36. The summed E-state index contributed by atoms with van der Waals surface area (Å²) in [7, 11) is 0. The molecular formula is C6H11ClN2O2. The van der Waals surface area contributed by atoms with Crippen molar-refractivity contribution in [3.05, 3.63) is 0 Å². The van der Waals surface area contributed by atoms with Crippen LogP contribution in [0.15, 0.2) is 0 Å². The maximum Gasteiger partial charge on any atom is 0.408 e. The summed E-state index contributed by atoms with van der Waals surface area (Å²) in [4.78, 5) is 10.7. The van der Waals surface area contributed by atoms with E-state index in [0.29, 0.717) is 0 Å². The van der Waals surface area contributed by atoms with Crippen molar-refractivity contribution in [2.45, 2.75) is 18.6 Å². The molecule has 1 unspecified atom stereocenters. The van der Waals surface area contributed by atoms with Crippen LogP contribution in [0.5, 0.6) is 0 Å². The number of alkyl carbamates (subject to hydrolysis) is 1. The van der Waals surface area contributed by atoms with Crippen molar-refractivity contribution in [1.82, 2.24) is 10.6 Å². The lowest BCUT2D eigenvalue weighted by atomic mass is 9.90. The number of amides is 1. The summed E-state index contributed by atoms with van der Waals surface area (Å²) in [6.07, 6.45) is -0.283. The normalized spacial score (nSPS) is 31.7. The molecule has 0 aromatic rings. The number of ether oxygens (including phenoxy) is 1. The minimum atomic E-state index is -0.283. The highest BCUT2D eigenvalue weighted by Gasteiger charge is 2.51. The summed E-state index contributed by atoms with van der Waals surface area (Å²) in [6, 6.07) is 0.154. The Morgan fingerprint density at radius 3 is 2.45 bits per heavy atom. The molecule has 1 amide bonds. The van der Waals surface area contributed by atoms with Crippen LogP contribution in [0, 0.1) is 0 Å². The van der Waals surface area contributed by atoms with E-state index >= 15 is 0 Å². The Morgan fingerprint density at radius 1 is 1.64 bits per heavy atom. The molecule has 0 aromatic carbocycles. The Morgan fingerprint density at radius 2 is 2.27 bits per heavy atom. The number of carbonyl (C=O) groups excluding carboxylic acids is 1. The molecular weight excluding hydrogens is 168 g/mol. The molecule has 11 heavy (non-hydrogen) atoms. The standard InChI is InChI=1S/C6H10N2O2.ClH/c1-4-6(2-7-3-6)10-5(9)8-4;/h4,7H,2-3H2,1H3,(H,8,9);1H. The lowest BCUT2D eigenvalue weighted by molar-refractivity contribution is -0.00411. The lowest BCUT2D eigenvalue weighted by Crippen LogP contribution is -2.65. The summed E-state index contributed by atoms with van der Waals surface area (Å²) in [5.74, 6) is 0. The van der Waals surface area contributed by atoms with Gasteiger partial charge in [-0.05, 0) is 6.92 Å². The van der Waals surface area contributed by atoms with Gasteiger partial charge in [-0.25, -0.2) is 4.79 Å². The summed E-state index contributed by atoms with van der Waals surface area (Å²) in [5, 5.41) is 5.79. The fourth-order valence-electron chi connectivity index (χ4n) is 1.36. The van der Waals surface area contributed by atoms with Gasteiger partial charge in [-0.15, -0.1) is 12.4 Å². The van der Waals surface area contributed by atoms with E-state index in [1.807, 2.05) is 6.92 Å². The van der Waals surface area contributed by atoms with Crippen molar-refractivity contribution in [1.29, 1.82) is 0 Å². The molecule has 2 aliphatic rings. The topological polar surface area (TPSA) is 50.4 Å². The third-order valence-corrected chi connectivity index (χ3v) is 2.27. The summed E-state index contributed by atoms with van der Waals surface area (Å²) in [6.45, 7) is 3.53. The SMILES string of the molecule is CC1NC(=O)OC12CNC2.Cl. The fraction of sp³-hybridized carbons (Fsp3) is 0.833. The van der Waals surface area contributed by atoms with E-state index < -0.39 is 0 Å². The first-order chi connectivity index (χ1) is 4.73. The van der Waals surface area contributed by atoms with Crippen molar-refractivity contribution in [2.75, 3.05) is 13.1 Å². The third-order valence-electron chi connectivity index (χ3n) is 2.27. The molecule has 2 aliphatic heterocycles. The predicted octanol–water partition coefficient (Wildman–Crippen LogP) is -0.122. The maximum atomic E-state index is 10.7. The Balaban J connectivity index is 0.000000605. The molecule has 5 heteroatoms. The first-order valence-corrected chi connectivity index (χ1v) is 3.43. The number of hydrogen-bond donors (Lipinski definition) is 2. The van der Waals surface area contributed by atoms with Crippen LogP contribution in [-0.4, -0.2) is 30.8 Å². The first kappa shape index (κ1) is 8.62. The Hall–Kier alpha value is -0.480. The van der Waals surface area contributed by atoms with Gasteiger partial charge in [0.15, 0.2) is 5.60 Å². The largest absolute Gasteiger partial charge is 0.438 e. The van der Waals surface area contributed by atoms with Gasteiger partial charge in [-0.2, -0.15) is 0 Å². The van der Waals surface area contributed by atoms with E-state index in [2.05, 4.69) is 10.6 Å². The third kappa shape index (κ3) is 1.06. The van der Waals surface area contributed by atoms with Crippen molar-refractivity contribution in [2.24, 2.45) is 0 Å². The average molecular weight is 179 g/mol. The van der Waals surface area contributed by atoms with Gasteiger partial charge in [0, 0.05) is 13.1 Å². The van der Waals surface area contributed by atoms with E-state index in [0.717, 1.165) is 13.1 Å². The zero-order chi connectivity index (χ0) is 7.19. The second-order valence-electron chi connectivity index (χ2n) is 2.92. The molecule has 0 bridgehead atoms. The van der Waals surface area contributed by atoms with Crippen LogP contribution in [0.25, 0.3) is 0 Å². The molecule has 1 atom stereocenters. The van der Waals surface area contributed by atoms with Gasteiger partial charge in [0.05, 0.1) is 6.04 Å². The average Bonchev–Trinajstić information content (AvgIpc) is 2.04. The second-order valence-corrected chi connectivity index (χ2v) is 2.92. The molecule has 0 aromatic heterocycles. The molecule has 0 radical (unpaired) electrons. The van der Waals surface area contributed by atoms with Crippen LogP contribution in [0.1, 0.15) is 6.92 Å². The molecule has 2 N–H and O–H groups in total. The van der Waals surface area contributed by atoms with E-state index in [4.69, 9.17) is 4.74 Å². The summed E-state index contributed by atoms with van der Waals surface area (Å²) < 4.78 is 5.08. The Kier molecular flexibility index (Phi) is 1.98. The minimum Gasteiger partial charge on any atom is -0.438 e. The van der Waals surface area contributed by atoms with Gasteiger partial charge >= 0.3 is 6.09 Å². The molecule has 2 saturated heterocycles. The van der Waals surface area contributed by atoms with Crippen molar-refractivity contribution < 1.29 is 9.53 Å². The zero-order valence-electron chi connectivity index (χ0n) is 6.22. The Bertz CT molecular complexity index is 181. The highest BCUT2D eigenvalue weighted by molar-refractivity contribution is 5.85. The monoisotopic (exact) mass is 178 g/mol. The predicted molar refractivity (Wildman–Crippen MR) is 41.9 cm³/mol. The molecule has 2 rings (SSSR count). The van der Waals surface area contributed by atoms with E-state index in [-0.39, 0.29) is 30.1 Å². The van der Waals surface area contributed by atoms with Gasteiger partial charge in [0.1, 0.15) is 0 Å². The minimum absolute atomic E-state index is 0. The second kappa shape index (κ2) is 2.53. The molecule has 2 fully saturated rings. The maximum absolute atomic E-state index is 10.7. The van der Waals surface area contributed by atoms with Gasteiger partial charge in [0.2, 0.25) is 0 Å². The van der Waals surface area contributed by atoms with E-state index in [1.165, 1.54) is 0 Å². The number of rotatable bonds is 0. The molecule has 64 valence electrons. The molecule has 2 heterocycles. The molecule has 0 aliphatic carbocycles. The van der Waals surface area contributed by atoms with Crippen LogP contribution in [0.4, 0.5) is 4.79 Å². The highest BCUT2D eigenvalue weighted by atomic mass is 35.5. The van der Waals surface area contributed by atoms with Gasteiger partial charge in [-0.1, -0.05) is 0 Å². The van der Waals surface area contributed by atoms with E-state index in [1.54, 1.807) is 0 Å². The van der Waals surface area contributed by atoms with Crippen LogP contribution in [0.2, 0.25) is 0 Å². The molecule has 4 nitrogen and oxygen atoms in total. The Labute approximate surface area is 71.1 Å². The first-order valence-electron chi connectivity index (χ1n) is 3.43. The smallest absolute Gasteiger partial charge is 0.408 e. The zero-order valence-corrected chi connectivity index (χ0v) is 7.03. The van der Waals surface area contributed by atoms with Gasteiger partial charge in [0.25, 0.3) is 0 Å². The quantitative estimate of drug-likeness (QED) is 0.544. The summed E-state index contributed by atoms with van der Waals surface area (Å²) >= 11 is 0. The van der Waals surface area contributed by atoms with Crippen LogP contribution >= 0.6 is 12.4 Å². The summed E-state index contributed by atoms with van der Waals surface area (Å²) in [5.41, 5.74) is -0.225. The van der Waals surface area contributed by atoms with Gasteiger partial charge < -0.3 is 15.4 Å².